The summed E-state index contributed by atoms with van der Waals surface area (Å²) in [7, 11) is 0. The third-order valence-electron chi connectivity index (χ3n) is 2.51. The van der Waals surface area contributed by atoms with Gasteiger partial charge in [-0.25, -0.2) is 4.98 Å². The predicted octanol–water partition coefficient (Wildman–Crippen LogP) is 3.23. The number of hydrogen-bond acceptors (Lipinski definition) is 3. The molecule has 0 amide bonds. The number of aromatic nitrogens is 1. The molecule has 0 atom stereocenters. The summed E-state index contributed by atoms with van der Waals surface area (Å²) >= 11 is 1.85. The van der Waals surface area contributed by atoms with Crippen molar-refractivity contribution in [1.29, 1.82) is 0 Å². The van der Waals surface area contributed by atoms with E-state index in [0.29, 0.717) is 6.04 Å². The summed E-state index contributed by atoms with van der Waals surface area (Å²) in [5.41, 5.74) is 1.36. The third-order valence-corrected chi connectivity index (χ3v) is 3.60. The Morgan fingerprint density at radius 1 is 1.21 bits per heavy atom. The van der Waals surface area contributed by atoms with Crippen LogP contribution in [0.25, 0.3) is 0 Å². The van der Waals surface area contributed by atoms with Gasteiger partial charge >= 0.3 is 0 Å². The molecule has 1 aliphatic carbocycles. The van der Waals surface area contributed by atoms with Gasteiger partial charge in [0.15, 0.2) is 5.13 Å². The van der Waals surface area contributed by atoms with E-state index < -0.39 is 0 Å². The van der Waals surface area contributed by atoms with Crippen molar-refractivity contribution in [3.63, 3.8) is 0 Å². The average Bonchev–Trinajstić information content (AvgIpc) is 2.34. The number of rotatable bonds is 2. The van der Waals surface area contributed by atoms with Crippen molar-refractivity contribution in [2.75, 3.05) is 5.32 Å². The zero-order chi connectivity index (χ0) is 9.97. The second kappa shape index (κ2) is 4.30. The molecule has 14 heavy (non-hydrogen) atoms. The molecule has 1 aromatic heterocycles. The smallest absolute Gasteiger partial charge is 0.183 e. The molecular formula is C11H18N2S. The maximum atomic E-state index is 4.66. The zero-order valence-electron chi connectivity index (χ0n) is 8.97. The lowest BCUT2D eigenvalue weighted by molar-refractivity contribution is 0.709. The normalized spacial score (nSPS) is 16.5. The van der Waals surface area contributed by atoms with Crippen LogP contribution >= 0.6 is 11.3 Å². The van der Waals surface area contributed by atoms with E-state index in [0.717, 1.165) is 5.13 Å². The van der Waals surface area contributed by atoms with Gasteiger partial charge in [0.2, 0.25) is 0 Å². The van der Waals surface area contributed by atoms with Gasteiger partial charge in [0, 0.05) is 10.9 Å². The Labute approximate surface area is 89.8 Å². The summed E-state index contributed by atoms with van der Waals surface area (Å²) in [6.45, 7) is 4.32. The maximum Gasteiger partial charge on any atom is 0.183 e. The van der Waals surface area contributed by atoms with Gasteiger partial charge in [-0.1, -0.05) is 6.42 Å². The summed E-state index contributed by atoms with van der Waals surface area (Å²) in [4.78, 5) is 6.18. The number of fused-ring (bicyclic) bond motifs is 1. The molecule has 2 rings (SSSR count). The molecule has 3 heteroatoms. The zero-order valence-corrected chi connectivity index (χ0v) is 9.78. The van der Waals surface area contributed by atoms with E-state index >= 15 is 0 Å². The molecule has 78 valence electrons. The number of hydrogen-bond donors (Lipinski definition) is 1. The minimum atomic E-state index is 0.491. The van der Waals surface area contributed by atoms with E-state index in [-0.39, 0.29) is 0 Å². The molecule has 0 spiro atoms. The Kier molecular flexibility index (Phi) is 3.06. The Balaban J connectivity index is 2.14. The van der Waals surface area contributed by atoms with Crippen LogP contribution in [-0.4, -0.2) is 11.0 Å². The number of aryl methyl sites for hydroxylation is 2. The highest BCUT2D eigenvalue weighted by Crippen LogP contribution is 2.29. The molecule has 0 unspecified atom stereocenters. The van der Waals surface area contributed by atoms with Crippen molar-refractivity contribution in [3.05, 3.63) is 10.6 Å². The van der Waals surface area contributed by atoms with Gasteiger partial charge in [-0.3, -0.25) is 0 Å². The summed E-state index contributed by atoms with van der Waals surface area (Å²) < 4.78 is 0. The van der Waals surface area contributed by atoms with Crippen molar-refractivity contribution in [1.82, 2.24) is 4.98 Å². The fourth-order valence-electron chi connectivity index (χ4n) is 1.84. The molecule has 2 nitrogen and oxygen atoms in total. The number of anilines is 1. The molecular weight excluding hydrogens is 192 g/mol. The van der Waals surface area contributed by atoms with Gasteiger partial charge in [-0.15, -0.1) is 11.3 Å². The SMILES string of the molecule is CC(C)Nc1nc2c(s1)CCCCC2. The second-order valence-electron chi connectivity index (χ2n) is 4.25. The molecule has 0 saturated heterocycles. The summed E-state index contributed by atoms with van der Waals surface area (Å²) in [5, 5.41) is 4.51. The van der Waals surface area contributed by atoms with E-state index in [1.54, 1.807) is 0 Å². The topological polar surface area (TPSA) is 24.9 Å². The largest absolute Gasteiger partial charge is 0.359 e. The van der Waals surface area contributed by atoms with Crippen LogP contribution in [0.3, 0.4) is 0 Å². The first kappa shape index (κ1) is 9.97. The number of nitrogens with zero attached hydrogens (tertiary/aromatic N) is 1. The lowest BCUT2D eigenvalue weighted by atomic mass is 10.2. The fourth-order valence-corrected chi connectivity index (χ4v) is 3.03. The summed E-state index contributed by atoms with van der Waals surface area (Å²) in [6, 6.07) is 0.491. The second-order valence-corrected chi connectivity index (χ2v) is 5.33. The van der Waals surface area contributed by atoms with Crippen LogP contribution < -0.4 is 5.32 Å². The first-order valence-corrected chi connectivity index (χ1v) is 6.32. The van der Waals surface area contributed by atoms with Crippen molar-refractivity contribution < 1.29 is 0 Å². The Bertz CT molecular complexity index is 281. The van der Waals surface area contributed by atoms with Crippen molar-refractivity contribution in [2.45, 2.75) is 52.0 Å². The lowest BCUT2D eigenvalue weighted by Crippen LogP contribution is -2.09. The lowest BCUT2D eigenvalue weighted by Gasteiger charge is -2.04. The summed E-state index contributed by atoms with van der Waals surface area (Å²) in [5.74, 6) is 0. The van der Waals surface area contributed by atoms with E-state index in [2.05, 4.69) is 24.1 Å². The Morgan fingerprint density at radius 3 is 2.79 bits per heavy atom. The quantitative estimate of drug-likeness (QED) is 0.758. The third kappa shape index (κ3) is 2.27. The van der Waals surface area contributed by atoms with Crippen molar-refractivity contribution >= 4 is 16.5 Å². The Hall–Kier alpha value is -0.570. The van der Waals surface area contributed by atoms with Crippen molar-refractivity contribution in [3.8, 4) is 0 Å². The van der Waals surface area contributed by atoms with Crippen molar-refractivity contribution in [2.24, 2.45) is 0 Å². The van der Waals surface area contributed by atoms with Crippen LogP contribution in [0.2, 0.25) is 0 Å². The van der Waals surface area contributed by atoms with Crippen LogP contribution in [-0.2, 0) is 12.8 Å². The molecule has 0 aromatic carbocycles. The molecule has 1 heterocycles. The highest BCUT2D eigenvalue weighted by molar-refractivity contribution is 7.15. The van der Waals surface area contributed by atoms with Crippen LogP contribution in [0.1, 0.15) is 43.7 Å². The molecule has 1 aromatic rings. The van der Waals surface area contributed by atoms with Gasteiger partial charge in [0.05, 0.1) is 5.69 Å². The first-order chi connectivity index (χ1) is 6.75. The number of nitrogens with one attached hydrogen (secondary N) is 1. The average molecular weight is 210 g/mol. The minimum absolute atomic E-state index is 0.491. The van der Waals surface area contributed by atoms with Gasteiger partial charge in [-0.05, 0) is 39.5 Å². The van der Waals surface area contributed by atoms with Gasteiger partial charge < -0.3 is 5.32 Å². The monoisotopic (exact) mass is 210 g/mol. The number of thiazole rings is 1. The molecule has 1 N–H and O–H groups in total. The van der Waals surface area contributed by atoms with Crippen LogP contribution in [0.15, 0.2) is 0 Å². The van der Waals surface area contributed by atoms with Gasteiger partial charge in [0.1, 0.15) is 0 Å². The maximum absolute atomic E-state index is 4.66. The highest BCUT2D eigenvalue weighted by Gasteiger charge is 2.13. The molecule has 0 saturated carbocycles. The fraction of sp³-hybridized carbons (Fsp3) is 0.727. The first-order valence-electron chi connectivity index (χ1n) is 5.51. The Morgan fingerprint density at radius 2 is 2.00 bits per heavy atom. The van der Waals surface area contributed by atoms with E-state index in [1.165, 1.54) is 42.7 Å². The molecule has 0 bridgehead atoms. The molecule has 0 fully saturated rings. The van der Waals surface area contributed by atoms with Gasteiger partial charge in [0.25, 0.3) is 0 Å². The standard InChI is InChI=1S/C11H18N2S/c1-8(2)12-11-13-9-6-4-3-5-7-10(9)14-11/h8H,3-7H2,1-2H3,(H,12,13). The minimum Gasteiger partial charge on any atom is -0.359 e. The van der Waals surface area contributed by atoms with E-state index in [1.807, 2.05) is 11.3 Å². The van der Waals surface area contributed by atoms with Gasteiger partial charge in [-0.2, -0.15) is 0 Å². The van der Waals surface area contributed by atoms with Crippen LogP contribution in [0.5, 0.6) is 0 Å². The predicted molar refractivity (Wildman–Crippen MR) is 62.1 cm³/mol. The highest BCUT2D eigenvalue weighted by atomic mass is 32.1. The molecule has 0 radical (unpaired) electrons. The van der Waals surface area contributed by atoms with Crippen LogP contribution in [0.4, 0.5) is 5.13 Å². The molecule has 1 aliphatic rings. The molecule has 0 aliphatic heterocycles. The van der Waals surface area contributed by atoms with E-state index in [4.69, 9.17) is 0 Å². The summed E-state index contributed by atoms with van der Waals surface area (Å²) in [6.07, 6.45) is 6.46. The van der Waals surface area contributed by atoms with Crippen LogP contribution in [0, 0.1) is 0 Å². The van der Waals surface area contributed by atoms with E-state index in [9.17, 15) is 0 Å².